The minimum absolute atomic E-state index is 0.0766. The molecule has 0 aliphatic rings. The molecule has 2 rings (SSSR count). The standard InChI is InChI=1S/C18H21FN2O4/c1-4-23-10-9-13-11-14(19)7-8-15(13)21-12-16(24-5-2)17(20-21)18(22)25-6-3/h7-12H,4-6H2,1-3H3. The summed E-state index contributed by atoms with van der Waals surface area (Å²) in [6.07, 6.45) is 4.69. The zero-order chi connectivity index (χ0) is 18.2. The summed E-state index contributed by atoms with van der Waals surface area (Å²) in [6, 6.07) is 4.24. The first-order chi connectivity index (χ1) is 12.1. The number of benzene rings is 1. The Labute approximate surface area is 145 Å². The van der Waals surface area contributed by atoms with E-state index in [2.05, 4.69) is 5.10 Å². The highest BCUT2D eigenvalue weighted by Crippen LogP contribution is 2.24. The molecule has 0 aliphatic heterocycles. The molecular weight excluding hydrogens is 327 g/mol. The highest BCUT2D eigenvalue weighted by molar-refractivity contribution is 5.90. The van der Waals surface area contributed by atoms with Crippen LogP contribution >= 0.6 is 0 Å². The van der Waals surface area contributed by atoms with Crippen molar-refractivity contribution in [2.45, 2.75) is 20.8 Å². The van der Waals surface area contributed by atoms with E-state index in [0.717, 1.165) is 0 Å². The third-order valence-corrected chi connectivity index (χ3v) is 3.20. The van der Waals surface area contributed by atoms with Crippen LogP contribution in [0.4, 0.5) is 4.39 Å². The number of carbonyl (C=O) groups excluding carboxylic acids is 1. The number of halogens is 1. The molecule has 7 heteroatoms. The molecule has 0 saturated heterocycles. The fraction of sp³-hybridized carbons (Fsp3) is 0.333. The van der Waals surface area contributed by atoms with Gasteiger partial charge >= 0.3 is 5.97 Å². The maximum atomic E-state index is 13.6. The van der Waals surface area contributed by atoms with Gasteiger partial charge in [0.1, 0.15) is 5.82 Å². The summed E-state index contributed by atoms with van der Waals surface area (Å²) in [6.45, 7) is 6.48. The summed E-state index contributed by atoms with van der Waals surface area (Å²) in [5.74, 6) is -0.647. The van der Waals surface area contributed by atoms with Gasteiger partial charge in [0.25, 0.3) is 0 Å². The molecule has 134 valence electrons. The molecule has 0 unspecified atom stereocenters. The van der Waals surface area contributed by atoms with Crippen molar-refractivity contribution in [3.63, 3.8) is 0 Å². The smallest absolute Gasteiger partial charge is 0.362 e. The number of hydrogen-bond donors (Lipinski definition) is 0. The second-order valence-electron chi connectivity index (χ2n) is 4.90. The second kappa shape index (κ2) is 8.86. The van der Waals surface area contributed by atoms with Gasteiger partial charge in [0.05, 0.1) is 38.0 Å². The van der Waals surface area contributed by atoms with Gasteiger partial charge < -0.3 is 14.2 Å². The summed E-state index contributed by atoms with van der Waals surface area (Å²) in [5, 5.41) is 4.26. The van der Waals surface area contributed by atoms with E-state index in [-0.39, 0.29) is 18.1 Å². The predicted molar refractivity (Wildman–Crippen MR) is 91.3 cm³/mol. The van der Waals surface area contributed by atoms with Crippen LogP contribution in [0.2, 0.25) is 0 Å². The Kier molecular flexibility index (Phi) is 6.56. The normalized spacial score (nSPS) is 10.9. The van der Waals surface area contributed by atoms with Crippen molar-refractivity contribution in [3.05, 3.63) is 47.7 Å². The average Bonchev–Trinajstić information content (AvgIpc) is 3.00. The van der Waals surface area contributed by atoms with Crippen molar-refractivity contribution in [2.24, 2.45) is 0 Å². The topological polar surface area (TPSA) is 62.6 Å². The molecule has 0 fully saturated rings. The van der Waals surface area contributed by atoms with Crippen LogP contribution in [0.15, 0.2) is 30.7 Å². The first-order valence-corrected chi connectivity index (χ1v) is 8.08. The summed E-state index contributed by atoms with van der Waals surface area (Å²) < 4.78 is 30.7. The lowest BCUT2D eigenvalue weighted by atomic mass is 10.1. The number of ether oxygens (including phenoxy) is 3. The highest BCUT2D eigenvalue weighted by Gasteiger charge is 2.20. The van der Waals surface area contributed by atoms with Crippen molar-refractivity contribution in [1.29, 1.82) is 0 Å². The van der Waals surface area contributed by atoms with Crippen molar-refractivity contribution in [1.82, 2.24) is 9.78 Å². The highest BCUT2D eigenvalue weighted by atomic mass is 19.1. The minimum Gasteiger partial charge on any atom is -0.501 e. The molecule has 0 spiro atoms. The lowest BCUT2D eigenvalue weighted by Gasteiger charge is -2.06. The van der Waals surface area contributed by atoms with Crippen LogP contribution in [0.5, 0.6) is 5.75 Å². The molecule has 0 radical (unpaired) electrons. The zero-order valence-corrected chi connectivity index (χ0v) is 14.5. The summed E-state index contributed by atoms with van der Waals surface area (Å²) in [4.78, 5) is 12.1. The molecule has 0 N–H and O–H groups in total. The van der Waals surface area contributed by atoms with Gasteiger partial charge in [-0.1, -0.05) is 0 Å². The maximum Gasteiger partial charge on any atom is 0.362 e. The third kappa shape index (κ3) is 4.59. The molecular formula is C18H21FN2O4. The molecule has 1 aromatic heterocycles. The Bertz CT molecular complexity index is 756. The van der Waals surface area contributed by atoms with Crippen LogP contribution in [0.3, 0.4) is 0 Å². The summed E-state index contributed by atoms with van der Waals surface area (Å²) in [7, 11) is 0. The average molecular weight is 348 g/mol. The van der Waals surface area contributed by atoms with Crippen molar-refractivity contribution in [3.8, 4) is 11.4 Å². The van der Waals surface area contributed by atoms with Gasteiger partial charge in [-0.25, -0.2) is 13.9 Å². The Morgan fingerprint density at radius 1 is 1.24 bits per heavy atom. The van der Waals surface area contributed by atoms with E-state index in [1.54, 1.807) is 32.2 Å². The molecule has 0 bridgehead atoms. The van der Waals surface area contributed by atoms with Crippen LogP contribution in [-0.4, -0.2) is 35.6 Å². The summed E-state index contributed by atoms with van der Waals surface area (Å²) in [5.41, 5.74) is 1.20. The number of hydrogen-bond acceptors (Lipinski definition) is 5. The van der Waals surface area contributed by atoms with E-state index in [9.17, 15) is 9.18 Å². The predicted octanol–water partition coefficient (Wildman–Crippen LogP) is 3.59. The number of rotatable bonds is 8. The molecule has 0 amide bonds. The van der Waals surface area contributed by atoms with Crippen LogP contribution in [-0.2, 0) is 9.47 Å². The van der Waals surface area contributed by atoms with Gasteiger partial charge in [-0.05, 0) is 45.0 Å². The van der Waals surface area contributed by atoms with Gasteiger partial charge in [0, 0.05) is 5.56 Å². The lowest BCUT2D eigenvalue weighted by molar-refractivity contribution is 0.0514. The quantitative estimate of drug-likeness (QED) is 0.539. The molecule has 1 heterocycles. The lowest BCUT2D eigenvalue weighted by Crippen LogP contribution is -2.08. The SMILES string of the molecule is CCOC=Cc1cc(F)ccc1-n1cc(OCC)c(C(=O)OCC)n1. The molecule has 25 heavy (non-hydrogen) atoms. The third-order valence-electron chi connectivity index (χ3n) is 3.20. The van der Waals surface area contributed by atoms with E-state index in [0.29, 0.717) is 30.2 Å². The van der Waals surface area contributed by atoms with E-state index >= 15 is 0 Å². The molecule has 2 aromatic rings. The molecule has 0 aliphatic carbocycles. The molecule has 0 atom stereocenters. The van der Waals surface area contributed by atoms with Crippen molar-refractivity contribution < 1.29 is 23.4 Å². The maximum absolute atomic E-state index is 13.6. The number of aromatic nitrogens is 2. The van der Waals surface area contributed by atoms with E-state index in [1.807, 2.05) is 6.92 Å². The van der Waals surface area contributed by atoms with E-state index in [1.165, 1.54) is 23.1 Å². The van der Waals surface area contributed by atoms with E-state index in [4.69, 9.17) is 14.2 Å². The number of carbonyl (C=O) groups is 1. The van der Waals surface area contributed by atoms with E-state index < -0.39 is 5.97 Å². The van der Waals surface area contributed by atoms with Gasteiger partial charge in [0.15, 0.2) is 5.75 Å². The summed E-state index contributed by atoms with van der Waals surface area (Å²) >= 11 is 0. The largest absolute Gasteiger partial charge is 0.501 e. The number of nitrogens with zero attached hydrogens (tertiary/aromatic N) is 2. The molecule has 6 nitrogen and oxygen atoms in total. The Hall–Kier alpha value is -2.83. The molecule has 1 aromatic carbocycles. The van der Waals surface area contributed by atoms with Crippen LogP contribution in [0, 0.1) is 5.82 Å². The first-order valence-electron chi connectivity index (χ1n) is 8.08. The van der Waals surface area contributed by atoms with Crippen molar-refractivity contribution >= 4 is 12.0 Å². The van der Waals surface area contributed by atoms with Gasteiger partial charge in [-0.3, -0.25) is 0 Å². The second-order valence-corrected chi connectivity index (χ2v) is 4.90. The van der Waals surface area contributed by atoms with Crippen LogP contribution in [0.25, 0.3) is 11.8 Å². The first kappa shape index (κ1) is 18.5. The van der Waals surface area contributed by atoms with Crippen LogP contribution < -0.4 is 4.74 Å². The van der Waals surface area contributed by atoms with Gasteiger partial charge in [-0.2, -0.15) is 5.10 Å². The fourth-order valence-corrected chi connectivity index (χ4v) is 2.17. The number of esters is 1. The Morgan fingerprint density at radius 2 is 2.04 bits per heavy atom. The zero-order valence-electron chi connectivity index (χ0n) is 14.5. The monoisotopic (exact) mass is 348 g/mol. The minimum atomic E-state index is -0.571. The Morgan fingerprint density at radius 3 is 2.72 bits per heavy atom. The Balaban J connectivity index is 2.47. The molecule has 0 saturated carbocycles. The fourth-order valence-electron chi connectivity index (χ4n) is 2.17. The van der Waals surface area contributed by atoms with Crippen LogP contribution in [0.1, 0.15) is 36.8 Å². The van der Waals surface area contributed by atoms with Gasteiger partial charge in [-0.15, -0.1) is 0 Å². The van der Waals surface area contributed by atoms with Gasteiger partial charge in [0.2, 0.25) is 5.69 Å². The van der Waals surface area contributed by atoms with Crippen molar-refractivity contribution in [2.75, 3.05) is 19.8 Å².